The van der Waals surface area contributed by atoms with Crippen LogP contribution in [0.4, 0.5) is 0 Å². The third kappa shape index (κ3) is 3.17. The van der Waals surface area contributed by atoms with Crippen molar-refractivity contribution in [2.75, 3.05) is 7.05 Å². The first-order valence-corrected chi connectivity index (χ1v) is 4.50. The van der Waals surface area contributed by atoms with E-state index < -0.39 is 5.41 Å². The molecule has 0 fully saturated rings. The van der Waals surface area contributed by atoms with E-state index >= 15 is 0 Å². The summed E-state index contributed by atoms with van der Waals surface area (Å²) in [5, 5.41) is 0. The Morgan fingerprint density at radius 3 is 1.77 bits per heavy atom. The quantitative estimate of drug-likeness (QED) is 0.623. The lowest BCUT2D eigenvalue weighted by molar-refractivity contribution is -0.150. The molecule has 0 aromatic rings. The van der Waals surface area contributed by atoms with E-state index in [0.29, 0.717) is 0 Å². The second-order valence-corrected chi connectivity index (χ2v) is 4.61. The van der Waals surface area contributed by atoms with Gasteiger partial charge in [0.05, 0.1) is 0 Å². The molecule has 0 aromatic carbocycles. The highest BCUT2D eigenvalue weighted by Crippen LogP contribution is 2.17. The summed E-state index contributed by atoms with van der Waals surface area (Å²) in [6.07, 6.45) is 0. The molecule has 0 spiro atoms. The van der Waals surface area contributed by atoms with Gasteiger partial charge in [-0.15, -0.1) is 0 Å². The van der Waals surface area contributed by atoms with Crippen LogP contribution in [0, 0.1) is 11.3 Å². The molecule has 0 unspecified atom stereocenters. The zero-order valence-corrected chi connectivity index (χ0v) is 9.34. The second-order valence-electron chi connectivity index (χ2n) is 4.61. The van der Waals surface area contributed by atoms with Gasteiger partial charge in [-0.05, 0) is 0 Å². The number of hydrogen-bond donors (Lipinski definition) is 0. The summed E-state index contributed by atoms with van der Waals surface area (Å²) in [6.45, 7) is 8.99. The molecule has 0 atom stereocenters. The lowest BCUT2D eigenvalue weighted by Crippen LogP contribution is -2.42. The molecule has 0 rings (SSSR count). The number of imide groups is 1. The predicted octanol–water partition coefficient (Wildman–Crippen LogP) is 1.67. The van der Waals surface area contributed by atoms with E-state index in [1.807, 2.05) is 0 Å². The summed E-state index contributed by atoms with van der Waals surface area (Å²) in [5.41, 5.74) is -0.487. The van der Waals surface area contributed by atoms with Gasteiger partial charge in [0.15, 0.2) is 0 Å². The van der Waals surface area contributed by atoms with Crippen LogP contribution in [0.3, 0.4) is 0 Å². The number of carbonyl (C=O) groups is 2. The second kappa shape index (κ2) is 3.90. The SMILES string of the molecule is CC(C)C(=O)N(C)C(=O)C(C)(C)C. The summed E-state index contributed by atoms with van der Waals surface area (Å²) in [6, 6.07) is 0. The third-order valence-electron chi connectivity index (χ3n) is 1.77. The van der Waals surface area contributed by atoms with E-state index in [4.69, 9.17) is 0 Å². The Hall–Kier alpha value is -0.860. The van der Waals surface area contributed by atoms with Crippen LogP contribution in [0.1, 0.15) is 34.6 Å². The maximum absolute atomic E-state index is 11.6. The molecule has 0 aliphatic rings. The highest BCUT2D eigenvalue weighted by atomic mass is 16.2. The fourth-order valence-electron chi connectivity index (χ4n) is 0.990. The summed E-state index contributed by atoms with van der Waals surface area (Å²) in [7, 11) is 1.54. The van der Waals surface area contributed by atoms with E-state index in [1.165, 1.54) is 11.9 Å². The van der Waals surface area contributed by atoms with Gasteiger partial charge in [0, 0.05) is 18.4 Å². The molecule has 0 bridgehead atoms. The summed E-state index contributed by atoms with van der Waals surface area (Å²) >= 11 is 0. The normalized spacial score (nSPS) is 11.6. The molecule has 2 amide bonds. The Bertz CT molecular complexity index is 213. The van der Waals surface area contributed by atoms with Crippen molar-refractivity contribution in [1.29, 1.82) is 0 Å². The van der Waals surface area contributed by atoms with Gasteiger partial charge in [-0.25, -0.2) is 0 Å². The lowest BCUT2D eigenvalue weighted by Gasteiger charge is -2.25. The van der Waals surface area contributed by atoms with Gasteiger partial charge in [-0.2, -0.15) is 0 Å². The minimum Gasteiger partial charge on any atom is -0.285 e. The minimum absolute atomic E-state index is 0.125. The van der Waals surface area contributed by atoms with Crippen LogP contribution in [0.5, 0.6) is 0 Å². The molecule has 13 heavy (non-hydrogen) atoms. The van der Waals surface area contributed by atoms with Gasteiger partial charge in [-0.3, -0.25) is 14.5 Å². The molecule has 0 aliphatic carbocycles. The van der Waals surface area contributed by atoms with E-state index in [0.717, 1.165) is 0 Å². The van der Waals surface area contributed by atoms with Crippen LogP contribution in [0.25, 0.3) is 0 Å². The minimum atomic E-state index is -0.487. The Labute approximate surface area is 80.1 Å². The molecular weight excluding hydrogens is 166 g/mol. The average Bonchev–Trinajstić information content (AvgIpc) is 1.98. The van der Waals surface area contributed by atoms with Crippen LogP contribution < -0.4 is 0 Å². The summed E-state index contributed by atoms with van der Waals surface area (Å²) < 4.78 is 0. The molecule has 0 heterocycles. The molecule has 3 heteroatoms. The van der Waals surface area contributed by atoms with Crippen LogP contribution in [-0.4, -0.2) is 23.8 Å². The topological polar surface area (TPSA) is 37.4 Å². The van der Waals surface area contributed by atoms with Gasteiger partial charge < -0.3 is 0 Å². The van der Waals surface area contributed by atoms with Gasteiger partial charge >= 0.3 is 0 Å². The number of rotatable bonds is 1. The third-order valence-corrected chi connectivity index (χ3v) is 1.77. The van der Waals surface area contributed by atoms with E-state index in [2.05, 4.69) is 0 Å². The maximum atomic E-state index is 11.6. The Balaban J connectivity index is 4.54. The molecule has 0 N–H and O–H groups in total. The van der Waals surface area contributed by atoms with Crippen LogP contribution in [0.15, 0.2) is 0 Å². The van der Waals surface area contributed by atoms with E-state index in [9.17, 15) is 9.59 Å². The summed E-state index contributed by atoms with van der Waals surface area (Å²) in [5.74, 6) is -0.387. The van der Waals surface area contributed by atoms with E-state index in [1.54, 1.807) is 34.6 Å². The van der Waals surface area contributed by atoms with Crippen molar-refractivity contribution < 1.29 is 9.59 Å². The van der Waals surface area contributed by atoms with Gasteiger partial charge in [0.2, 0.25) is 11.8 Å². The fraction of sp³-hybridized carbons (Fsp3) is 0.800. The first-order chi connectivity index (χ1) is 5.68. The summed E-state index contributed by atoms with van der Waals surface area (Å²) in [4.78, 5) is 24.3. The van der Waals surface area contributed by atoms with Gasteiger partial charge in [0.1, 0.15) is 0 Å². The Kier molecular flexibility index (Phi) is 3.64. The number of nitrogens with zero attached hydrogens (tertiary/aromatic N) is 1. The first-order valence-electron chi connectivity index (χ1n) is 4.50. The Morgan fingerprint density at radius 2 is 1.54 bits per heavy atom. The van der Waals surface area contributed by atoms with Crippen molar-refractivity contribution >= 4 is 11.8 Å². The lowest BCUT2D eigenvalue weighted by atomic mass is 9.94. The van der Waals surface area contributed by atoms with Crippen LogP contribution in [0.2, 0.25) is 0 Å². The smallest absolute Gasteiger partial charge is 0.234 e. The number of carbonyl (C=O) groups excluding carboxylic acids is 2. The zero-order chi connectivity index (χ0) is 10.8. The standard InChI is InChI=1S/C10H19NO2/c1-7(2)8(12)11(6)9(13)10(3,4)5/h7H,1-6H3. The molecule has 3 nitrogen and oxygen atoms in total. The van der Waals surface area contributed by atoms with E-state index in [-0.39, 0.29) is 17.7 Å². The van der Waals surface area contributed by atoms with Gasteiger partial charge in [-0.1, -0.05) is 34.6 Å². The molecule has 76 valence electrons. The van der Waals surface area contributed by atoms with Crippen molar-refractivity contribution in [3.8, 4) is 0 Å². The molecular formula is C10H19NO2. The van der Waals surface area contributed by atoms with Crippen molar-refractivity contribution in [2.24, 2.45) is 11.3 Å². The largest absolute Gasteiger partial charge is 0.285 e. The number of amides is 2. The maximum Gasteiger partial charge on any atom is 0.234 e. The van der Waals surface area contributed by atoms with Crippen molar-refractivity contribution in [1.82, 2.24) is 4.90 Å². The average molecular weight is 185 g/mol. The zero-order valence-electron chi connectivity index (χ0n) is 9.34. The van der Waals surface area contributed by atoms with Crippen LogP contribution >= 0.6 is 0 Å². The molecule has 0 aromatic heterocycles. The highest BCUT2D eigenvalue weighted by Gasteiger charge is 2.29. The monoisotopic (exact) mass is 185 g/mol. The van der Waals surface area contributed by atoms with Gasteiger partial charge in [0.25, 0.3) is 0 Å². The predicted molar refractivity (Wildman–Crippen MR) is 52.1 cm³/mol. The highest BCUT2D eigenvalue weighted by molar-refractivity contribution is 5.97. The number of hydrogen-bond acceptors (Lipinski definition) is 2. The Morgan fingerprint density at radius 1 is 1.15 bits per heavy atom. The first kappa shape index (κ1) is 12.1. The molecule has 0 aliphatic heterocycles. The van der Waals surface area contributed by atoms with Crippen molar-refractivity contribution in [2.45, 2.75) is 34.6 Å². The molecule has 0 saturated carbocycles. The van der Waals surface area contributed by atoms with Crippen LogP contribution in [-0.2, 0) is 9.59 Å². The molecule has 0 saturated heterocycles. The fourth-order valence-corrected chi connectivity index (χ4v) is 0.990. The van der Waals surface area contributed by atoms with Crippen molar-refractivity contribution in [3.63, 3.8) is 0 Å². The molecule has 0 radical (unpaired) electrons. The van der Waals surface area contributed by atoms with Crippen molar-refractivity contribution in [3.05, 3.63) is 0 Å².